The first kappa shape index (κ1) is 18.0. The summed E-state index contributed by atoms with van der Waals surface area (Å²) in [5.41, 5.74) is 1.10. The summed E-state index contributed by atoms with van der Waals surface area (Å²) in [6, 6.07) is 1.97. The van der Waals surface area contributed by atoms with Crippen LogP contribution < -0.4 is 10.6 Å². The van der Waals surface area contributed by atoms with Crippen LogP contribution in [0, 0.1) is 0 Å². The van der Waals surface area contributed by atoms with Gasteiger partial charge in [0.15, 0.2) is 5.96 Å². The number of nitrogens with one attached hydrogen (secondary N) is 2. The van der Waals surface area contributed by atoms with Gasteiger partial charge >= 0.3 is 5.97 Å². The van der Waals surface area contributed by atoms with E-state index in [9.17, 15) is 4.79 Å². The first-order valence-corrected chi connectivity index (χ1v) is 7.65. The van der Waals surface area contributed by atoms with E-state index in [1.807, 2.05) is 17.8 Å². The number of aliphatic imine (C=N–C) groups is 1. The van der Waals surface area contributed by atoms with Crippen molar-refractivity contribution in [3.63, 3.8) is 0 Å². The van der Waals surface area contributed by atoms with E-state index >= 15 is 0 Å². The summed E-state index contributed by atoms with van der Waals surface area (Å²) in [6.07, 6.45) is 6.35. The van der Waals surface area contributed by atoms with Gasteiger partial charge in [-0.1, -0.05) is 12.8 Å². The van der Waals surface area contributed by atoms with Crippen LogP contribution in [0.3, 0.4) is 0 Å². The molecule has 0 saturated heterocycles. The molecule has 2 N–H and O–H groups in total. The Labute approximate surface area is 132 Å². The van der Waals surface area contributed by atoms with Gasteiger partial charge in [0.25, 0.3) is 0 Å². The number of guanidine groups is 1. The molecule has 7 heteroatoms. The number of aryl methyl sites for hydroxylation is 1. The molecule has 1 aromatic rings. The molecule has 124 valence electrons. The highest BCUT2D eigenvalue weighted by Crippen LogP contribution is 2.03. The van der Waals surface area contributed by atoms with E-state index in [-0.39, 0.29) is 5.97 Å². The molecule has 0 amide bonds. The molecule has 0 aliphatic rings. The van der Waals surface area contributed by atoms with Crippen molar-refractivity contribution in [2.75, 3.05) is 20.7 Å². The Kier molecular flexibility index (Phi) is 8.71. The highest BCUT2D eigenvalue weighted by atomic mass is 16.5. The Morgan fingerprint density at radius 3 is 2.73 bits per heavy atom. The zero-order valence-corrected chi connectivity index (χ0v) is 13.8. The Morgan fingerprint density at radius 2 is 2.09 bits per heavy atom. The Morgan fingerprint density at radius 1 is 1.32 bits per heavy atom. The number of carbonyl (C=O) groups excluding carboxylic acids is 1. The summed E-state index contributed by atoms with van der Waals surface area (Å²) < 4.78 is 6.44. The largest absolute Gasteiger partial charge is 0.469 e. The summed E-state index contributed by atoms with van der Waals surface area (Å²) in [5, 5.41) is 10.7. The average molecular weight is 309 g/mol. The van der Waals surface area contributed by atoms with Crippen molar-refractivity contribution in [3.8, 4) is 0 Å². The number of esters is 1. The second-order valence-electron chi connectivity index (χ2n) is 5.04. The summed E-state index contributed by atoms with van der Waals surface area (Å²) in [7, 11) is 5.10. The van der Waals surface area contributed by atoms with Crippen LogP contribution in [0.15, 0.2) is 17.3 Å². The van der Waals surface area contributed by atoms with E-state index in [2.05, 4.69) is 25.5 Å². The summed E-state index contributed by atoms with van der Waals surface area (Å²) in [6.45, 7) is 1.55. The van der Waals surface area contributed by atoms with Crippen LogP contribution in [0.1, 0.15) is 37.8 Å². The highest BCUT2D eigenvalue weighted by Gasteiger charge is 2.02. The van der Waals surface area contributed by atoms with Gasteiger partial charge in [-0.25, -0.2) is 0 Å². The second-order valence-corrected chi connectivity index (χ2v) is 5.04. The minimum Gasteiger partial charge on any atom is -0.469 e. The van der Waals surface area contributed by atoms with Crippen LogP contribution in [0.5, 0.6) is 0 Å². The van der Waals surface area contributed by atoms with Crippen molar-refractivity contribution < 1.29 is 9.53 Å². The Balaban J connectivity index is 2.07. The van der Waals surface area contributed by atoms with Gasteiger partial charge in [0.1, 0.15) is 0 Å². The smallest absolute Gasteiger partial charge is 0.305 e. The van der Waals surface area contributed by atoms with E-state index in [4.69, 9.17) is 0 Å². The first-order valence-electron chi connectivity index (χ1n) is 7.65. The molecule has 0 radical (unpaired) electrons. The molecule has 0 aliphatic carbocycles. The van der Waals surface area contributed by atoms with Crippen molar-refractivity contribution in [1.82, 2.24) is 20.4 Å². The topological polar surface area (TPSA) is 80.5 Å². The number of carbonyl (C=O) groups is 1. The van der Waals surface area contributed by atoms with E-state index in [0.29, 0.717) is 13.0 Å². The molecule has 1 aromatic heterocycles. The van der Waals surface area contributed by atoms with E-state index in [0.717, 1.165) is 43.9 Å². The maximum Gasteiger partial charge on any atom is 0.305 e. The maximum atomic E-state index is 11.0. The third kappa shape index (κ3) is 7.10. The predicted octanol–water partition coefficient (Wildman–Crippen LogP) is 1.21. The minimum absolute atomic E-state index is 0.127. The van der Waals surface area contributed by atoms with Crippen LogP contribution in [-0.2, 0) is 23.1 Å². The number of rotatable bonds is 9. The molecular formula is C15H27N5O2. The lowest BCUT2D eigenvalue weighted by Gasteiger charge is -2.11. The molecule has 0 atom stereocenters. The first-order chi connectivity index (χ1) is 10.7. The average Bonchev–Trinajstić information content (AvgIpc) is 2.94. The number of methoxy groups -OCH3 is 1. The lowest BCUT2D eigenvalue weighted by Crippen LogP contribution is -2.37. The van der Waals surface area contributed by atoms with Crippen LogP contribution >= 0.6 is 0 Å². The predicted molar refractivity (Wildman–Crippen MR) is 86.5 cm³/mol. The van der Waals surface area contributed by atoms with Gasteiger partial charge in [-0.15, -0.1) is 0 Å². The standard InChI is InChI=1S/C15H27N5O2/c1-16-15(18-12-13-9-11-19-20(13)2)17-10-7-5-4-6-8-14(21)22-3/h9,11H,4-8,10,12H2,1-3H3,(H2,16,17,18). The molecule has 1 heterocycles. The molecule has 22 heavy (non-hydrogen) atoms. The molecule has 0 aliphatic heterocycles. The van der Waals surface area contributed by atoms with Crippen molar-refractivity contribution >= 4 is 11.9 Å². The quantitative estimate of drug-likeness (QED) is 0.310. The third-order valence-electron chi connectivity index (χ3n) is 3.41. The molecule has 0 unspecified atom stereocenters. The fourth-order valence-corrected chi connectivity index (χ4v) is 2.03. The second kappa shape index (κ2) is 10.6. The number of nitrogens with zero attached hydrogens (tertiary/aromatic N) is 3. The molecule has 0 saturated carbocycles. The zero-order chi connectivity index (χ0) is 16.2. The van der Waals surface area contributed by atoms with E-state index < -0.39 is 0 Å². The number of hydrogen-bond donors (Lipinski definition) is 2. The Bertz CT molecular complexity index is 470. The molecular weight excluding hydrogens is 282 g/mol. The summed E-state index contributed by atoms with van der Waals surface area (Å²) in [5.74, 6) is 0.661. The third-order valence-corrected chi connectivity index (χ3v) is 3.41. The fourth-order valence-electron chi connectivity index (χ4n) is 2.03. The number of ether oxygens (including phenoxy) is 1. The molecule has 1 rings (SSSR count). The zero-order valence-electron chi connectivity index (χ0n) is 13.8. The number of unbranched alkanes of at least 4 members (excludes halogenated alkanes) is 3. The fraction of sp³-hybridized carbons (Fsp3) is 0.667. The van der Waals surface area contributed by atoms with Crippen LogP contribution in [-0.4, -0.2) is 42.4 Å². The van der Waals surface area contributed by atoms with Crippen LogP contribution in [0.4, 0.5) is 0 Å². The minimum atomic E-state index is -0.127. The normalized spacial score (nSPS) is 11.3. The van der Waals surface area contributed by atoms with Crippen LogP contribution in [0.2, 0.25) is 0 Å². The monoisotopic (exact) mass is 309 g/mol. The molecule has 0 aromatic carbocycles. The van der Waals surface area contributed by atoms with Crippen molar-refractivity contribution in [2.45, 2.75) is 38.6 Å². The Hall–Kier alpha value is -2.05. The lowest BCUT2D eigenvalue weighted by atomic mass is 10.1. The van der Waals surface area contributed by atoms with Crippen molar-refractivity contribution in [3.05, 3.63) is 18.0 Å². The van der Waals surface area contributed by atoms with Gasteiger partial charge in [0.05, 0.1) is 19.3 Å². The molecule has 0 fully saturated rings. The van der Waals surface area contributed by atoms with E-state index in [1.54, 1.807) is 13.2 Å². The summed E-state index contributed by atoms with van der Waals surface area (Å²) in [4.78, 5) is 15.1. The van der Waals surface area contributed by atoms with Crippen molar-refractivity contribution in [1.29, 1.82) is 0 Å². The van der Waals surface area contributed by atoms with Gasteiger partial charge in [-0.05, 0) is 18.9 Å². The van der Waals surface area contributed by atoms with Gasteiger partial charge in [0.2, 0.25) is 0 Å². The summed E-state index contributed by atoms with van der Waals surface area (Å²) >= 11 is 0. The number of hydrogen-bond acceptors (Lipinski definition) is 4. The van der Waals surface area contributed by atoms with Gasteiger partial charge in [0, 0.05) is 33.3 Å². The highest BCUT2D eigenvalue weighted by molar-refractivity contribution is 5.79. The SMILES string of the molecule is CN=C(NCCCCCCC(=O)OC)NCc1ccnn1C. The van der Waals surface area contributed by atoms with Crippen molar-refractivity contribution in [2.24, 2.45) is 12.0 Å². The molecule has 0 spiro atoms. The van der Waals surface area contributed by atoms with Gasteiger partial charge < -0.3 is 15.4 Å². The lowest BCUT2D eigenvalue weighted by molar-refractivity contribution is -0.140. The van der Waals surface area contributed by atoms with Gasteiger partial charge in [-0.3, -0.25) is 14.5 Å². The van der Waals surface area contributed by atoms with Crippen LogP contribution in [0.25, 0.3) is 0 Å². The van der Waals surface area contributed by atoms with Gasteiger partial charge in [-0.2, -0.15) is 5.10 Å². The number of aromatic nitrogens is 2. The molecule has 0 bridgehead atoms. The molecule has 7 nitrogen and oxygen atoms in total. The van der Waals surface area contributed by atoms with E-state index in [1.165, 1.54) is 7.11 Å². The maximum absolute atomic E-state index is 11.0.